The minimum Gasteiger partial charge on any atom is -0.458 e. The lowest BCUT2D eigenvalue weighted by Crippen LogP contribution is -2.50. The van der Waals surface area contributed by atoms with E-state index in [2.05, 4.69) is 33.9 Å². The predicted molar refractivity (Wildman–Crippen MR) is 119 cm³/mol. The van der Waals surface area contributed by atoms with Crippen molar-refractivity contribution in [3.05, 3.63) is 0 Å². The zero-order valence-corrected chi connectivity index (χ0v) is 21.6. The van der Waals surface area contributed by atoms with Crippen LogP contribution in [-0.4, -0.2) is 61.5 Å². The van der Waals surface area contributed by atoms with Crippen molar-refractivity contribution in [3.8, 4) is 0 Å². The number of carbonyl (C=O) groups excluding carboxylic acids is 3. The van der Waals surface area contributed by atoms with Gasteiger partial charge in [0.15, 0.2) is 8.32 Å². The van der Waals surface area contributed by atoms with Gasteiger partial charge in [0, 0.05) is 12.5 Å². The highest BCUT2D eigenvalue weighted by molar-refractivity contribution is 6.74. The van der Waals surface area contributed by atoms with Gasteiger partial charge < -0.3 is 18.7 Å². The highest BCUT2D eigenvalue weighted by atomic mass is 28.4. The Kier molecular flexibility index (Phi) is 7.97. The standard InChI is InChI=1S/C22H41NO6Si/c1-20(2,3)28-18(25)16-12-15(14-27-30(10,11)22(7,8)9)17(13-24)23(16)19(26)29-21(4,5)6/h13,15-17H,12,14H2,1-11H3/t15-,16+,17+/m1/s1. The summed E-state index contributed by atoms with van der Waals surface area (Å²) in [6, 6.07) is -1.69. The van der Waals surface area contributed by atoms with Crippen molar-refractivity contribution in [2.24, 2.45) is 5.92 Å². The molecule has 0 saturated carbocycles. The molecule has 1 fully saturated rings. The van der Waals surface area contributed by atoms with Crippen LogP contribution in [0.1, 0.15) is 68.7 Å². The summed E-state index contributed by atoms with van der Waals surface area (Å²) in [5, 5.41) is 0.0116. The molecule has 0 aromatic heterocycles. The molecule has 0 aromatic rings. The Hall–Kier alpha value is -1.41. The molecule has 0 aliphatic carbocycles. The highest BCUT2D eigenvalue weighted by Crippen LogP contribution is 2.39. The molecule has 0 radical (unpaired) electrons. The summed E-state index contributed by atoms with van der Waals surface area (Å²) in [6.45, 7) is 21.5. The van der Waals surface area contributed by atoms with Crippen molar-refractivity contribution in [1.82, 2.24) is 4.90 Å². The second kappa shape index (κ2) is 8.98. The Bertz CT molecular complexity index is 641. The van der Waals surface area contributed by atoms with Crippen LogP contribution in [0.25, 0.3) is 0 Å². The number of hydrogen-bond donors (Lipinski definition) is 0. The molecule has 30 heavy (non-hydrogen) atoms. The Balaban J connectivity index is 3.17. The molecule has 0 aromatic carbocycles. The first-order valence-corrected chi connectivity index (χ1v) is 13.5. The smallest absolute Gasteiger partial charge is 0.411 e. The normalized spacial score (nSPS) is 23.3. The SMILES string of the molecule is CC(C)(C)OC(=O)[C@@H]1C[C@H](CO[Si](C)(C)C(C)(C)C)[C@H](C=O)N1C(=O)OC(C)(C)C. The van der Waals surface area contributed by atoms with Crippen molar-refractivity contribution >= 4 is 26.7 Å². The predicted octanol–water partition coefficient (Wildman–Crippen LogP) is 4.54. The Morgan fingerprint density at radius 2 is 1.47 bits per heavy atom. The summed E-state index contributed by atoms with van der Waals surface area (Å²) < 4.78 is 17.4. The minimum atomic E-state index is -2.06. The van der Waals surface area contributed by atoms with Gasteiger partial charge in [-0.05, 0) is 66.1 Å². The fourth-order valence-corrected chi connectivity index (χ4v) is 4.06. The molecule has 174 valence electrons. The molecule has 8 heteroatoms. The van der Waals surface area contributed by atoms with Gasteiger partial charge >= 0.3 is 12.1 Å². The number of carbonyl (C=O) groups is 3. The molecule has 0 unspecified atom stereocenters. The molecular weight excluding hydrogens is 402 g/mol. The Labute approximate surface area is 182 Å². The number of likely N-dealkylation sites (tertiary alicyclic amines) is 1. The summed E-state index contributed by atoms with van der Waals surface area (Å²) in [5.41, 5.74) is -1.46. The summed E-state index contributed by atoms with van der Waals surface area (Å²) in [4.78, 5) is 39.1. The first-order chi connectivity index (χ1) is 13.3. The third-order valence-electron chi connectivity index (χ3n) is 5.55. The molecule has 0 spiro atoms. The molecule has 0 N–H and O–H groups in total. The monoisotopic (exact) mass is 443 g/mol. The zero-order chi connectivity index (χ0) is 23.7. The van der Waals surface area contributed by atoms with Gasteiger partial charge in [-0.15, -0.1) is 0 Å². The summed E-state index contributed by atoms with van der Waals surface area (Å²) in [6.07, 6.45) is 0.324. The highest BCUT2D eigenvalue weighted by Gasteiger charge is 2.50. The van der Waals surface area contributed by atoms with E-state index in [-0.39, 0.29) is 11.0 Å². The van der Waals surface area contributed by atoms with E-state index in [0.717, 1.165) is 0 Å². The summed E-state index contributed by atoms with van der Waals surface area (Å²) in [5.74, 6) is -0.836. The first kappa shape index (κ1) is 26.6. The molecule has 1 aliphatic heterocycles. The second-order valence-electron chi connectivity index (χ2n) is 11.6. The maximum atomic E-state index is 12.9. The largest absolute Gasteiger partial charge is 0.458 e. The Morgan fingerprint density at radius 1 is 0.967 bits per heavy atom. The quantitative estimate of drug-likeness (QED) is 0.352. The number of hydrogen-bond acceptors (Lipinski definition) is 6. The number of esters is 1. The lowest BCUT2D eigenvalue weighted by atomic mass is 10.0. The minimum absolute atomic E-state index is 0.0116. The van der Waals surface area contributed by atoms with E-state index in [1.54, 1.807) is 41.5 Å². The van der Waals surface area contributed by atoms with E-state index in [1.165, 1.54) is 4.90 Å². The summed E-state index contributed by atoms with van der Waals surface area (Å²) >= 11 is 0. The molecule has 1 heterocycles. The molecular formula is C22H41NO6Si. The Morgan fingerprint density at radius 3 is 1.87 bits per heavy atom. The van der Waals surface area contributed by atoms with Crippen LogP contribution >= 0.6 is 0 Å². The van der Waals surface area contributed by atoms with Crippen LogP contribution in [0.2, 0.25) is 18.1 Å². The maximum absolute atomic E-state index is 12.9. The van der Waals surface area contributed by atoms with Gasteiger partial charge in [-0.1, -0.05) is 20.8 Å². The van der Waals surface area contributed by atoms with E-state index < -0.39 is 43.7 Å². The van der Waals surface area contributed by atoms with Gasteiger partial charge in [0.2, 0.25) is 0 Å². The van der Waals surface area contributed by atoms with Crippen molar-refractivity contribution in [2.75, 3.05) is 6.61 Å². The number of ether oxygens (including phenoxy) is 2. The topological polar surface area (TPSA) is 82.1 Å². The first-order valence-electron chi connectivity index (χ1n) is 10.6. The number of aldehydes is 1. The van der Waals surface area contributed by atoms with E-state index in [4.69, 9.17) is 13.9 Å². The van der Waals surface area contributed by atoms with Crippen LogP contribution in [0.5, 0.6) is 0 Å². The average molecular weight is 444 g/mol. The third kappa shape index (κ3) is 7.08. The van der Waals surface area contributed by atoms with Gasteiger partial charge in [0.05, 0.1) is 6.04 Å². The molecule has 3 atom stereocenters. The number of nitrogens with zero attached hydrogens (tertiary/aromatic N) is 1. The fourth-order valence-electron chi connectivity index (χ4n) is 2.99. The van der Waals surface area contributed by atoms with Gasteiger partial charge in [-0.2, -0.15) is 0 Å². The number of rotatable bonds is 5. The number of amides is 1. The van der Waals surface area contributed by atoms with E-state index in [0.29, 0.717) is 19.3 Å². The molecule has 1 aliphatic rings. The van der Waals surface area contributed by atoms with Crippen LogP contribution in [0.3, 0.4) is 0 Å². The van der Waals surface area contributed by atoms with Crippen molar-refractivity contribution < 1.29 is 28.3 Å². The second-order valence-corrected chi connectivity index (χ2v) is 16.4. The van der Waals surface area contributed by atoms with Crippen LogP contribution < -0.4 is 0 Å². The fraction of sp³-hybridized carbons (Fsp3) is 0.864. The van der Waals surface area contributed by atoms with E-state index >= 15 is 0 Å². The van der Waals surface area contributed by atoms with Crippen LogP contribution in [0.15, 0.2) is 0 Å². The maximum Gasteiger partial charge on any atom is 0.411 e. The third-order valence-corrected chi connectivity index (χ3v) is 10.1. The molecule has 1 rings (SSSR count). The lowest BCUT2D eigenvalue weighted by molar-refractivity contribution is -0.160. The van der Waals surface area contributed by atoms with Gasteiger partial charge in [-0.3, -0.25) is 4.90 Å². The molecule has 0 bridgehead atoms. The van der Waals surface area contributed by atoms with Crippen LogP contribution in [0.4, 0.5) is 4.79 Å². The van der Waals surface area contributed by atoms with Gasteiger partial charge in [0.25, 0.3) is 0 Å². The van der Waals surface area contributed by atoms with Crippen molar-refractivity contribution in [3.63, 3.8) is 0 Å². The zero-order valence-electron chi connectivity index (χ0n) is 20.6. The average Bonchev–Trinajstić information content (AvgIpc) is 2.87. The summed E-state index contributed by atoms with van der Waals surface area (Å²) in [7, 11) is -2.06. The molecule has 1 amide bonds. The van der Waals surface area contributed by atoms with E-state index in [9.17, 15) is 14.4 Å². The van der Waals surface area contributed by atoms with Crippen molar-refractivity contribution in [1.29, 1.82) is 0 Å². The van der Waals surface area contributed by atoms with Crippen LogP contribution in [-0.2, 0) is 23.5 Å². The van der Waals surface area contributed by atoms with Crippen molar-refractivity contribution in [2.45, 2.75) is 110 Å². The van der Waals surface area contributed by atoms with Gasteiger partial charge in [-0.25, -0.2) is 9.59 Å². The molecule has 1 saturated heterocycles. The van der Waals surface area contributed by atoms with Crippen LogP contribution in [0, 0.1) is 5.92 Å². The van der Waals surface area contributed by atoms with Gasteiger partial charge in [0.1, 0.15) is 23.5 Å². The molecule has 7 nitrogen and oxygen atoms in total. The lowest BCUT2D eigenvalue weighted by Gasteiger charge is -2.37. The van der Waals surface area contributed by atoms with E-state index in [1.807, 2.05) is 0 Å².